The summed E-state index contributed by atoms with van der Waals surface area (Å²) < 4.78 is 10.9. The molecule has 0 aromatic heterocycles. The first-order chi connectivity index (χ1) is 25.4. The first-order valence-corrected chi connectivity index (χ1v) is 18.3. The number of carboxylic acids is 2. The molecule has 14 nitrogen and oxygen atoms in total. The fourth-order valence-corrected chi connectivity index (χ4v) is 6.64. The number of benzene rings is 2. The van der Waals surface area contributed by atoms with Crippen LogP contribution in [-0.2, 0) is 19.1 Å². The number of piperidine rings is 2. The van der Waals surface area contributed by atoms with Crippen molar-refractivity contribution in [3.05, 3.63) is 59.7 Å². The summed E-state index contributed by atoms with van der Waals surface area (Å²) in [6.07, 6.45) is 1.59. The molecule has 2 heterocycles. The SMILES string of the molecule is CC(C)(C)OC(=O)N(CC(=O)O)C1CCN(c2ccccc2C#N)CC1.CCC(C(=O)O)N(C(=O)OC(C)(C)C)C1CCN(c2ccccc2C#N)CC1. The van der Waals surface area contributed by atoms with Crippen LogP contribution in [0.1, 0.15) is 91.7 Å². The van der Waals surface area contributed by atoms with E-state index in [1.807, 2.05) is 36.4 Å². The Morgan fingerprint density at radius 3 is 1.52 bits per heavy atom. The molecule has 2 amide bonds. The molecule has 0 radical (unpaired) electrons. The van der Waals surface area contributed by atoms with Crippen LogP contribution in [0.3, 0.4) is 0 Å². The Kier molecular flexibility index (Phi) is 15.1. The summed E-state index contributed by atoms with van der Waals surface area (Å²) in [4.78, 5) is 55.1. The standard InChI is InChI=1S/C21H29N3O4.C19H25N3O4/c1-5-17(19(25)26)24(20(27)28-21(2,3)4)16-10-12-23(13-11-16)18-9-7-6-8-15(18)14-22;1-19(2,3)26-18(25)22(13-17(23)24)15-8-10-21(11-9-15)16-7-5-4-6-14(16)12-20/h6-9,16-17H,5,10-13H2,1-4H3,(H,25,26);4-7,15H,8-11,13H2,1-3H3,(H,23,24). The Bertz CT molecular complexity index is 1690. The summed E-state index contributed by atoms with van der Waals surface area (Å²) in [5.41, 5.74) is 1.59. The van der Waals surface area contributed by atoms with Crippen molar-refractivity contribution in [1.29, 1.82) is 10.5 Å². The maximum absolute atomic E-state index is 12.8. The van der Waals surface area contributed by atoms with E-state index in [1.165, 1.54) is 9.80 Å². The lowest BCUT2D eigenvalue weighted by Crippen LogP contribution is -2.55. The van der Waals surface area contributed by atoms with Gasteiger partial charge in [-0.15, -0.1) is 0 Å². The van der Waals surface area contributed by atoms with Crippen molar-refractivity contribution in [2.45, 2.75) is 110 Å². The number of ether oxygens (including phenoxy) is 2. The Hall–Kier alpha value is -5.50. The average molecular weight is 747 g/mol. The van der Waals surface area contributed by atoms with Gasteiger partial charge >= 0.3 is 24.1 Å². The van der Waals surface area contributed by atoms with E-state index in [4.69, 9.17) is 14.6 Å². The highest BCUT2D eigenvalue weighted by molar-refractivity contribution is 5.80. The Morgan fingerprint density at radius 1 is 0.741 bits per heavy atom. The van der Waals surface area contributed by atoms with Gasteiger partial charge in [-0.25, -0.2) is 14.4 Å². The fraction of sp³-hybridized carbons (Fsp3) is 0.550. The van der Waals surface area contributed by atoms with Crippen molar-refractivity contribution in [2.24, 2.45) is 0 Å². The number of nitriles is 2. The highest BCUT2D eigenvalue weighted by Gasteiger charge is 2.39. The number of hydrogen-bond donors (Lipinski definition) is 2. The maximum Gasteiger partial charge on any atom is 0.411 e. The lowest BCUT2D eigenvalue weighted by molar-refractivity contribution is -0.144. The number of carbonyl (C=O) groups is 4. The predicted octanol–water partition coefficient (Wildman–Crippen LogP) is 6.48. The lowest BCUT2D eigenvalue weighted by Gasteiger charge is -2.42. The number of rotatable bonds is 9. The summed E-state index contributed by atoms with van der Waals surface area (Å²) in [7, 11) is 0. The minimum Gasteiger partial charge on any atom is -0.480 e. The predicted molar refractivity (Wildman–Crippen MR) is 203 cm³/mol. The van der Waals surface area contributed by atoms with Gasteiger partial charge in [-0.05, 0) is 97.9 Å². The van der Waals surface area contributed by atoms with E-state index in [9.17, 15) is 34.8 Å². The van der Waals surface area contributed by atoms with Gasteiger partial charge in [0.1, 0.15) is 35.9 Å². The zero-order valence-corrected chi connectivity index (χ0v) is 32.4. The van der Waals surface area contributed by atoms with Crippen LogP contribution in [0.25, 0.3) is 0 Å². The first-order valence-electron chi connectivity index (χ1n) is 18.3. The van der Waals surface area contributed by atoms with Crippen LogP contribution in [0, 0.1) is 22.7 Å². The largest absolute Gasteiger partial charge is 0.480 e. The van der Waals surface area contributed by atoms with Gasteiger partial charge in [-0.2, -0.15) is 10.5 Å². The molecule has 2 aliphatic heterocycles. The highest BCUT2D eigenvalue weighted by Crippen LogP contribution is 2.29. The van der Waals surface area contributed by atoms with E-state index in [-0.39, 0.29) is 18.6 Å². The molecular weight excluding hydrogens is 692 g/mol. The van der Waals surface area contributed by atoms with E-state index >= 15 is 0 Å². The summed E-state index contributed by atoms with van der Waals surface area (Å²) in [5.74, 6) is -2.08. The zero-order chi connectivity index (χ0) is 40.2. The number of carbonyl (C=O) groups excluding carboxylic acids is 2. The Morgan fingerprint density at radius 2 is 1.15 bits per heavy atom. The minimum absolute atomic E-state index is 0.202. The number of aliphatic carboxylic acids is 2. The van der Waals surface area contributed by atoms with Gasteiger partial charge in [0.2, 0.25) is 0 Å². The van der Waals surface area contributed by atoms with E-state index < -0.39 is 41.4 Å². The fourth-order valence-electron chi connectivity index (χ4n) is 6.64. The van der Waals surface area contributed by atoms with Crippen molar-refractivity contribution >= 4 is 35.5 Å². The molecule has 292 valence electrons. The lowest BCUT2D eigenvalue weighted by atomic mass is 9.99. The van der Waals surface area contributed by atoms with Gasteiger partial charge in [-0.3, -0.25) is 14.6 Å². The second-order valence-corrected chi connectivity index (χ2v) is 15.3. The third-order valence-electron chi connectivity index (χ3n) is 9.04. The first kappa shape index (κ1) is 42.9. The molecule has 2 fully saturated rings. The molecule has 0 aliphatic carbocycles. The molecule has 0 saturated carbocycles. The van der Waals surface area contributed by atoms with Crippen molar-refractivity contribution in [1.82, 2.24) is 9.80 Å². The van der Waals surface area contributed by atoms with Crippen molar-refractivity contribution in [3.63, 3.8) is 0 Å². The summed E-state index contributed by atoms with van der Waals surface area (Å²) >= 11 is 0. The summed E-state index contributed by atoms with van der Waals surface area (Å²) in [6.45, 7) is 14.5. The monoisotopic (exact) mass is 746 g/mol. The van der Waals surface area contributed by atoms with E-state index in [0.717, 1.165) is 11.4 Å². The molecule has 2 aromatic carbocycles. The highest BCUT2D eigenvalue weighted by atomic mass is 16.6. The van der Waals surface area contributed by atoms with Gasteiger partial charge < -0.3 is 29.5 Å². The van der Waals surface area contributed by atoms with Crippen LogP contribution in [0.5, 0.6) is 0 Å². The van der Waals surface area contributed by atoms with Gasteiger partial charge in [-0.1, -0.05) is 31.2 Å². The van der Waals surface area contributed by atoms with E-state index in [1.54, 1.807) is 60.6 Å². The molecule has 14 heteroatoms. The number of hydrogen-bond acceptors (Lipinski definition) is 10. The van der Waals surface area contributed by atoms with E-state index in [0.29, 0.717) is 69.4 Å². The molecule has 1 atom stereocenters. The molecule has 1 unspecified atom stereocenters. The van der Waals surface area contributed by atoms with Gasteiger partial charge in [0.25, 0.3) is 0 Å². The van der Waals surface area contributed by atoms with Crippen LogP contribution in [0.4, 0.5) is 21.0 Å². The smallest absolute Gasteiger partial charge is 0.411 e. The summed E-state index contributed by atoms with van der Waals surface area (Å²) in [6, 6.07) is 17.9. The second-order valence-electron chi connectivity index (χ2n) is 15.3. The van der Waals surface area contributed by atoms with Crippen LogP contribution < -0.4 is 9.80 Å². The minimum atomic E-state index is -1.06. The Balaban J connectivity index is 0.000000291. The quantitative estimate of drug-likeness (QED) is 0.285. The molecular formula is C40H54N6O8. The van der Waals surface area contributed by atoms with Gasteiger partial charge in [0.05, 0.1) is 22.5 Å². The van der Waals surface area contributed by atoms with Crippen LogP contribution >= 0.6 is 0 Å². The molecule has 0 bridgehead atoms. The van der Waals surface area contributed by atoms with Crippen LogP contribution in [0.2, 0.25) is 0 Å². The van der Waals surface area contributed by atoms with Gasteiger partial charge in [0.15, 0.2) is 0 Å². The number of para-hydroxylation sites is 2. The number of amides is 2. The molecule has 2 N–H and O–H groups in total. The van der Waals surface area contributed by atoms with Gasteiger partial charge in [0, 0.05) is 38.3 Å². The number of nitrogens with zero attached hydrogens (tertiary/aromatic N) is 6. The number of anilines is 2. The molecule has 2 saturated heterocycles. The summed E-state index contributed by atoms with van der Waals surface area (Å²) in [5, 5.41) is 37.4. The molecule has 4 rings (SSSR count). The van der Waals surface area contributed by atoms with Crippen molar-refractivity contribution < 1.29 is 38.9 Å². The zero-order valence-electron chi connectivity index (χ0n) is 32.4. The Labute approximate surface area is 318 Å². The van der Waals surface area contributed by atoms with Crippen LogP contribution in [-0.4, -0.2) is 106 Å². The molecule has 2 aromatic rings. The molecule has 54 heavy (non-hydrogen) atoms. The van der Waals surface area contributed by atoms with Crippen molar-refractivity contribution in [3.8, 4) is 12.1 Å². The topological polar surface area (TPSA) is 188 Å². The molecule has 0 spiro atoms. The van der Waals surface area contributed by atoms with E-state index in [2.05, 4.69) is 21.9 Å². The second kappa shape index (κ2) is 19.0. The van der Waals surface area contributed by atoms with Crippen molar-refractivity contribution in [2.75, 3.05) is 42.5 Å². The third kappa shape index (κ3) is 12.3. The number of carboxylic acid groups (broad SMARTS) is 2. The van der Waals surface area contributed by atoms with Crippen LogP contribution in [0.15, 0.2) is 48.5 Å². The third-order valence-corrected chi connectivity index (χ3v) is 9.04. The molecule has 2 aliphatic rings. The normalized spacial score (nSPS) is 15.7. The average Bonchev–Trinajstić information content (AvgIpc) is 3.11. The maximum atomic E-state index is 12.8.